The van der Waals surface area contributed by atoms with E-state index >= 15 is 0 Å². The summed E-state index contributed by atoms with van der Waals surface area (Å²) in [7, 11) is 0. The number of para-hydroxylation sites is 12. The third-order valence-corrected chi connectivity index (χ3v) is 30.8. The first-order chi connectivity index (χ1) is 69.6. The molecule has 6 nitrogen and oxygen atoms in total. The maximum atomic E-state index is 2.51. The van der Waals surface area contributed by atoms with Crippen molar-refractivity contribution < 1.29 is 0 Å². The van der Waals surface area contributed by atoms with Gasteiger partial charge in [-0.05, 0) is 306 Å². The van der Waals surface area contributed by atoms with Crippen LogP contribution >= 0.6 is 0 Å². The van der Waals surface area contributed by atoms with Crippen LogP contribution < -0.4 is 29.4 Å². The monoisotopic (exact) mass is 1870 g/mol. The van der Waals surface area contributed by atoms with Crippen LogP contribution in [-0.4, -0.2) is 0 Å². The molecule has 708 valence electrons. The van der Waals surface area contributed by atoms with Gasteiger partial charge in [-0.2, -0.15) is 0 Å². The second kappa shape index (κ2) is 36.8. The lowest BCUT2D eigenvalue weighted by Gasteiger charge is -2.40. The van der Waals surface area contributed by atoms with Crippen LogP contribution in [0.2, 0.25) is 0 Å². The predicted molar refractivity (Wildman–Crippen MR) is 615 cm³/mol. The smallest absolute Gasteiger partial charge is 0.0540 e. The third kappa shape index (κ3) is 15.9. The first kappa shape index (κ1) is 93.0. The van der Waals surface area contributed by atoms with E-state index in [1.807, 2.05) is 0 Å². The summed E-state index contributed by atoms with van der Waals surface area (Å²) in [4.78, 5) is 14.9. The van der Waals surface area contributed by atoms with Crippen LogP contribution in [0.15, 0.2) is 376 Å². The molecule has 144 heavy (non-hydrogen) atoms. The summed E-state index contributed by atoms with van der Waals surface area (Å²) in [5, 5.41) is 0. The van der Waals surface area contributed by atoms with E-state index in [4.69, 9.17) is 0 Å². The molecule has 0 N–H and O–H groups in total. The predicted octanol–water partition coefficient (Wildman–Crippen LogP) is 38.2. The first-order valence-electron chi connectivity index (χ1n) is 51.4. The molecule has 0 amide bonds. The molecule has 0 radical (unpaired) electrons. The molecule has 6 aliphatic heterocycles. The molecule has 0 spiro atoms. The molecule has 24 rings (SSSR count). The van der Waals surface area contributed by atoms with E-state index in [1.165, 1.54) is 292 Å². The molecule has 6 heterocycles. The molecule has 6 heteroatoms. The summed E-state index contributed by atoms with van der Waals surface area (Å²) >= 11 is 0. The lowest BCUT2D eigenvalue weighted by Crippen LogP contribution is -2.23. The molecule has 0 fully saturated rings. The van der Waals surface area contributed by atoms with Gasteiger partial charge in [0.1, 0.15) is 0 Å². The lowest BCUT2D eigenvalue weighted by molar-refractivity contribution is 0.568. The molecule has 6 aliphatic rings. The van der Waals surface area contributed by atoms with Crippen molar-refractivity contribution in [1.82, 2.24) is 0 Å². The SMILES string of the molecule is CCc1cc(CC)cc(N2c3ccccc3C(=C3c4ccccc4N(c4cc(C(C)(C)C)cc(C(C)(C)C)c4)c4ccccc43)c3ccccc32)c1.Cc1cc(C)c(N2c3ccccc3C(=C3c4ccccc4N(c4c(C)cc(C)cc4C)c4ccccc43)c3ccccc32)c(C)c1.Cc1cc(N2c3ccccc3C(=C3c4ccccc4N(c4cc(C)c(C)c(C)c4)c4ccccc43)c3ccccc32)cc(C)c1C. The summed E-state index contributed by atoms with van der Waals surface area (Å²) < 4.78 is 0. The Balaban J connectivity index is 0.000000124. The van der Waals surface area contributed by atoms with Gasteiger partial charge in [-0.25, -0.2) is 0 Å². The molecule has 0 aromatic heterocycles. The molecular formula is C138H126N6. The maximum absolute atomic E-state index is 2.51. The van der Waals surface area contributed by atoms with Crippen LogP contribution in [0.4, 0.5) is 102 Å². The number of anilines is 18. The average molecular weight is 1870 g/mol. The van der Waals surface area contributed by atoms with Crippen molar-refractivity contribution in [2.45, 2.75) is 162 Å². The fraction of sp³-hybridized carbons (Fsp3) is 0.174. The van der Waals surface area contributed by atoms with Crippen LogP contribution in [-0.2, 0) is 23.7 Å². The molecule has 0 saturated carbocycles. The second-order valence-corrected chi connectivity index (χ2v) is 42.4. The Bertz CT molecular complexity index is 7610. The van der Waals surface area contributed by atoms with Gasteiger partial charge in [-0.15, -0.1) is 0 Å². The largest absolute Gasteiger partial charge is 0.309 e. The van der Waals surface area contributed by atoms with Gasteiger partial charge in [0.05, 0.1) is 79.6 Å². The summed E-state index contributed by atoms with van der Waals surface area (Å²) in [6.45, 7) is 45.1. The van der Waals surface area contributed by atoms with Crippen molar-refractivity contribution in [2.75, 3.05) is 29.4 Å². The number of nitrogens with zero attached hydrogens (tertiary/aromatic N) is 6. The Labute approximate surface area is 853 Å². The number of fused-ring (bicyclic) bond motifs is 12. The van der Waals surface area contributed by atoms with E-state index in [1.54, 1.807) is 0 Å². The molecule has 0 atom stereocenters. The first-order valence-corrected chi connectivity index (χ1v) is 51.4. The molecular weight excluding hydrogens is 1740 g/mol. The van der Waals surface area contributed by atoms with Gasteiger partial charge < -0.3 is 29.4 Å². The van der Waals surface area contributed by atoms with Gasteiger partial charge in [0.15, 0.2) is 0 Å². The topological polar surface area (TPSA) is 19.4 Å². The van der Waals surface area contributed by atoms with Gasteiger partial charge in [0.2, 0.25) is 0 Å². The number of aryl methyl sites for hydroxylation is 12. The standard InChI is InChI=1S/C50H50N2.2C44H38N2/c1-9-33-27-34(10-2)29-37(28-33)51-43-23-15-11-19-39(43)47(40-20-12-16-24-44(40)51)48-41-21-13-17-25-45(41)52(46-26-18-14-22-42(46)48)38-31-35(49(3,4)5)30-36(32-38)50(6,7)8;1-27-23-33(24-28(2)31(27)5)45-39-19-11-7-15-35(39)43(36-16-8-12-20-40(36)45)44-37-17-9-13-21-41(37)46(42-22-14-10-18-38(42)44)34-25-29(3)32(6)30(4)26-34;1-27-23-29(3)43(30(4)24-27)45-37-19-11-7-15-33(37)41(34-16-8-12-20-38(34)45)42-35-17-9-13-21-39(35)46(40-22-14-10-18-36(40)42)44-31(5)25-28(2)26-32(44)6/h11-32H,9-10H2,1-8H3;2*7-26H,1-6H3. The Morgan fingerprint density at radius 1 is 0.174 bits per heavy atom. The zero-order valence-corrected chi connectivity index (χ0v) is 86.9. The van der Waals surface area contributed by atoms with Gasteiger partial charge >= 0.3 is 0 Å². The van der Waals surface area contributed by atoms with E-state index in [0.717, 1.165) is 12.8 Å². The van der Waals surface area contributed by atoms with E-state index in [-0.39, 0.29) is 10.8 Å². The van der Waals surface area contributed by atoms with Crippen molar-refractivity contribution in [3.05, 3.63) is 532 Å². The fourth-order valence-corrected chi connectivity index (χ4v) is 23.6. The number of hydrogen-bond donors (Lipinski definition) is 0. The Morgan fingerprint density at radius 3 is 0.521 bits per heavy atom. The molecule has 18 aromatic carbocycles. The van der Waals surface area contributed by atoms with Crippen molar-refractivity contribution in [3.63, 3.8) is 0 Å². The quantitative estimate of drug-likeness (QED) is 0.150. The van der Waals surface area contributed by atoms with Crippen molar-refractivity contribution in [3.8, 4) is 0 Å². The van der Waals surface area contributed by atoms with Crippen LogP contribution in [0.5, 0.6) is 0 Å². The summed E-state index contributed by atoms with van der Waals surface area (Å²) in [5.41, 5.74) is 65.6. The Hall–Kier alpha value is -16.0. The van der Waals surface area contributed by atoms with E-state index < -0.39 is 0 Å². The van der Waals surface area contributed by atoms with E-state index in [0.29, 0.717) is 0 Å². The minimum absolute atomic E-state index is 0.00784. The van der Waals surface area contributed by atoms with Gasteiger partial charge in [0.25, 0.3) is 0 Å². The zero-order valence-electron chi connectivity index (χ0n) is 86.9. The Kier molecular flexibility index (Phi) is 23.8. The highest BCUT2D eigenvalue weighted by molar-refractivity contribution is 6.21. The van der Waals surface area contributed by atoms with E-state index in [9.17, 15) is 0 Å². The van der Waals surface area contributed by atoms with Gasteiger partial charge in [0, 0.05) is 123 Å². The summed E-state index contributed by atoms with van der Waals surface area (Å²) in [6.07, 6.45) is 2.01. The number of rotatable bonds is 8. The highest BCUT2D eigenvalue weighted by atomic mass is 15.2. The highest BCUT2D eigenvalue weighted by Crippen LogP contribution is 2.63. The van der Waals surface area contributed by atoms with Crippen LogP contribution in [0.3, 0.4) is 0 Å². The third-order valence-electron chi connectivity index (χ3n) is 30.8. The fourth-order valence-electron chi connectivity index (χ4n) is 23.6. The van der Waals surface area contributed by atoms with Crippen molar-refractivity contribution in [1.29, 1.82) is 0 Å². The minimum Gasteiger partial charge on any atom is -0.309 e. The lowest BCUT2D eigenvalue weighted by atomic mass is 9.78. The average Bonchev–Trinajstić information content (AvgIpc) is 0.720. The normalized spacial score (nSPS) is 13.4. The molecule has 0 saturated heterocycles. The van der Waals surface area contributed by atoms with Crippen LogP contribution in [0.25, 0.3) is 33.4 Å². The van der Waals surface area contributed by atoms with Crippen molar-refractivity contribution in [2.24, 2.45) is 0 Å². The maximum Gasteiger partial charge on any atom is 0.0540 e. The van der Waals surface area contributed by atoms with Gasteiger partial charge in [-0.3, -0.25) is 0 Å². The summed E-state index contributed by atoms with van der Waals surface area (Å²) in [5.74, 6) is 0. The van der Waals surface area contributed by atoms with E-state index in [2.05, 4.69) is 544 Å². The summed E-state index contributed by atoms with van der Waals surface area (Å²) in [6, 6.07) is 141. The molecule has 18 aromatic rings. The zero-order chi connectivity index (χ0) is 99.7. The number of hydrogen-bond acceptors (Lipinski definition) is 6. The molecule has 0 bridgehead atoms. The van der Waals surface area contributed by atoms with Crippen LogP contribution in [0, 0.1) is 83.1 Å². The van der Waals surface area contributed by atoms with Crippen molar-refractivity contribution >= 4 is 136 Å². The van der Waals surface area contributed by atoms with Crippen LogP contribution in [0.1, 0.15) is 211 Å². The number of benzene rings is 18. The minimum atomic E-state index is 0.00784. The highest BCUT2D eigenvalue weighted by Gasteiger charge is 2.42. The van der Waals surface area contributed by atoms with Gasteiger partial charge in [-0.1, -0.05) is 321 Å². The molecule has 0 unspecified atom stereocenters. The molecule has 0 aliphatic carbocycles. The Morgan fingerprint density at radius 2 is 0.340 bits per heavy atom. The second-order valence-electron chi connectivity index (χ2n) is 42.4.